The minimum atomic E-state index is -0.890. The molecule has 0 saturated carbocycles. The van der Waals surface area contributed by atoms with Gasteiger partial charge in [0.1, 0.15) is 17.9 Å². The zero-order chi connectivity index (χ0) is 23.5. The smallest absolute Gasteiger partial charge is 0.335 e. The fourth-order valence-corrected chi connectivity index (χ4v) is 3.83. The van der Waals surface area contributed by atoms with Crippen molar-refractivity contribution in [3.05, 3.63) is 98.5 Å². The predicted molar refractivity (Wildman–Crippen MR) is 128 cm³/mol. The van der Waals surface area contributed by atoms with Crippen LogP contribution in [0.3, 0.4) is 0 Å². The molecule has 166 valence electrons. The van der Waals surface area contributed by atoms with Crippen LogP contribution in [0.2, 0.25) is 15.1 Å². The topological polar surface area (TPSA) is 75.7 Å². The number of hydrogen-bond donors (Lipinski definition) is 1. The van der Waals surface area contributed by atoms with Crippen molar-refractivity contribution >= 4 is 64.4 Å². The molecule has 1 heterocycles. The molecular formula is C24H15Cl3N2O4. The van der Waals surface area contributed by atoms with Crippen molar-refractivity contribution in [3.63, 3.8) is 0 Å². The summed E-state index contributed by atoms with van der Waals surface area (Å²) in [6.45, 7) is 0.197. The molecule has 4 amide bonds. The van der Waals surface area contributed by atoms with E-state index in [-0.39, 0.29) is 22.9 Å². The molecular weight excluding hydrogens is 487 g/mol. The van der Waals surface area contributed by atoms with E-state index < -0.39 is 17.8 Å². The normalized spacial score (nSPS) is 15.1. The van der Waals surface area contributed by atoms with E-state index in [9.17, 15) is 14.4 Å². The molecule has 1 aliphatic heterocycles. The first-order valence-electron chi connectivity index (χ1n) is 9.66. The first-order chi connectivity index (χ1) is 15.8. The molecule has 1 N–H and O–H groups in total. The van der Waals surface area contributed by atoms with Gasteiger partial charge in [-0.15, -0.1) is 0 Å². The second-order valence-electron chi connectivity index (χ2n) is 7.01. The number of carbonyl (C=O) groups excluding carboxylic acids is 3. The van der Waals surface area contributed by atoms with Crippen LogP contribution in [-0.2, 0) is 16.2 Å². The van der Waals surface area contributed by atoms with Crippen LogP contribution in [-0.4, -0.2) is 17.8 Å². The third kappa shape index (κ3) is 5.03. The lowest BCUT2D eigenvalue weighted by Gasteiger charge is -2.27. The Hall–Kier alpha value is -3.32. The molecule has 9 heteroatoms. The van der Waals surface area contributed by atoms with Gasteiger partial charge in [-0.05, 0) is 54.1 Å². The highest BCUT2D eigenvalue weighted by atomic mass is 35.5. The number of para-hydroxylation sites is 1. The molecule has 1 aliphatic rings. The van der Waals surface area contributed by atoms with Crippen LogP contribution in [0.1, 0.15) is 11.1 Å². The fraction of sp³-hybridized carbons (Fsp3) is 0.0417. The van der Waals surface area contributed by atoms with Crippen molar-refractivity contribution in [3.8, 4) is 5.75 Å². The van der Waals surface area contributed by atoms with Gasteiger partial charge in [0.15, 0.2) is 0 Å². The number of amides is 4. The number of ether oxygens (including phenoxy) is 1. The van der Waals surface area contributed by atoms with Gasteiger partial charge in [-0.2, -0.15) is 0 Å². The zero-order valence-electron chi connectivity index (χ0n) is 16.8. The Balaban J connectivity index is 1.69. The molecule has 3 aromatic rings. The summed E-state index contributed by atoms with van der Waals surface area (Å²) in [5.41, 5.74) is 1.10. The summed E-state index contributed by atoms with van der Waals surface area (Å²) in [7, 11) is 0. The zero-order valence-corrected chi connectivity index (χ0v) is 19.1. The number of carbonyl (C=O) groups is 3. The van der Waals surface area contributed by atoms with Crippen LogP contribution >= 0.6 is 34.8 Å². The lowest BCUT2D eigenvalue weighted by molar-refractivity contribution is -0.122. The highest BCUT2D eigenvalue weighted by Gasteiger charge is 2.37. The fourth-order valence-electron chi connectivity index (χ4n) is 3.22. The molecule has 3 aromatic carbocycles. The summed E-state index contributed by atoms with van der Waals surface area (Å²) in [6.07, 6.45) is 1.33. The van der Waals surface area contributed by atoms with Gasteiger partial charge < -0.3 is 4.74 Å². The van der Waals surface area contributed by atoms with Gasteiger partial charge in [0.05, 0.1) is 10.7 Å². The van der Waals surface area contributed by atoms with E-state index in [2.05, 4.69) is 5.32 Å². The van der Waals surface area contributed by atoms with Gasteiger partial charge in [0.25, 0.3) is 11.8 Å². The van der Waals surface area contributed by atoms with Gasteiger partial charge in [0, 0.05) is 15.6 Å². The van der Waals surface area contributed by atoms with Crippen molar-refractivity contribution in [1.29, 1.82) is 0 Å². The largest absolute Gasteiger partial charge is 0.488 e. The number of imide groups is 2. The molecule has 1 saturated heterocycles. The maximum atomic E-state index is 13.1. The Bertz CT molecular complexity index is 1310. The molecule has 0 unspecified atom stereocenters. The number of anilines is 1. The number of barbiturate groups is 1. The van der Waals surface area contributed by atoms with E-state index in [1.165, 1.54) is 18.2 Å². The number of rotatable bonds is 5. The second kappa shape index (κ2) is 9.67. The lowest BCUT2D eigenvalue weighted by atomic mass is 10.1. The molecule has 6 nitrogen and oxygen atoms in total. The average Bonchev–Trinajstić information content (AvgIpc) is 2.77. The maximum Gasteiger partial charge on any atom is 0.335 e. The van der Waals surface area contributed by atoms with E-state index in [4.69, 9.17) is 39.5 Å². The van der Waals surface area contributed by atoms with Crippen LogP contribution in [0.4, 0.5) is 10.5 Å². The highest BCUT2D eigenvalue weighted by molar-refractivity contribution is 6.42. The molecule has 4 rings (SSSR count). The van der Waals surface area contributed by atoms with Gasteiger partial charge >= 0.3 is 6.03 Å². The van der Waals surface area contributed by atoms with Crippen LogP contribution in [0.25, 0.3) is 6.08 Å². The Morgan fingerprint density at radius 3 is 2.39 bits per heavy atom. The van der Waals surface area contributed by atoms with Crippen molar-refractivity contribution in [2.24, 2.45) is 0 Å². The first-order valence-corrected chi connectivity index (χ1v) is 10.8. The van der Waals surface area contributed by atoms with Crippen LogP contribution < -0.4 is 15.0 Å². The summed E-state index contributed by atoms with van der Waals surface area (Å²) in [5, 5.41) is 3.30. The van der Waals surface area contributed by atoms with Gasteiger partial charge in [-0.1, -0.05) is 59.1 Å². The summed E-state index contributed by atoms with van der Waals surface area (Å²) in [4.78, 5) is 38.9. The minimum Gasteiger partial charge on any atom is -0.488 e. The molecule has 1 fully saturated rings. The maximum absolute atomic E-state index is 13.1. The number of nitrogens with zero attached hydrogens (tertiary/aromatic N) is 1. The van der Waals surface area contributed by atoms with Crippen molar-refractivity contribution < 1.29 is 19.1 Å². The number of halogens is 3. The third-order valence-corrected chi connectivity index (χ3v) is 5.54. The van der Waals surface area contributed by atoms with Crippen molar-refractivity contribution in [2.75, 3.05) is 4.90 Å². The van der Waals surface area contributed by atoms with Crippen molar-refractivity contribution in [1.82, 2.24) is 5.32 Å². The monoisotopic (exact) mass is 500 g/mol. The highest BCUT2D eigenvalue weighted by Crippen LogP contribution is 2.31. The first kappa shape index (κ1) is 22.9. The SMILES string of the molecule is O=C1NC(=O)N(c2ccccc2Cl)C(=O)/C1=C/c1cc(Cl)ccc1OCc1cccc(Cl)c1. The Labute approximate surface area is 204 Å². The molecule has 0 atom stereocenters. The molecule has 0 radical (unpaired) electrons. The molecule has 33 heavy (non-hydrogen) atoms. The predicted octanol–water partition coefficient (Wildman–Crippen LogP) is 5.89. The molecule has 0 spiro atoms. The second-order valence-corrected chi connectivity index (χ2v) is 8.29. The minimum absolute atomic E-state index is 0.156. The van der Waals surface area contributed by atoms with Crippen molar-refractivity contribution in [2.45, 2.75) is 6.61 Å². The average molecular weight is 502 g/mol. The number of benzene rings is 3. The molecule has 0 aromatic heterocycles. The van der Waals surface area contributed by atoms with E-state index in [0.29, 0.717) is 21.4 Å². The summed E-state index contributed by atoms with van der Waals surface area (Å²) < 4.78 is 5.89. The van der Waals surface area contributed by atoms with Crippen LogP contribution in [0.5, 0.6) is 5.75 Å². The van der Waals surface area contributed by atoms with E-state index in [0.717, 1.165) is 10.5 Å². The number of urea groups is 1. The quantitative estimate of drug-likeness (QED) is 0.349. The van der Waals surface area contributed by atoms with Gasteiger partial charge in [-0.3, -0.25) is 14.9 Å². The summed E-state index contributed by atoms with van der Waals surface area (Å²) in [5.74, 6) is -1.28. The molecule has 0 aliphatic carbocycles. The molecule has 0 bridgehead atoms. The van der Waals surface area contributed by atoms with Gasteiger partial charge in [-0.25, -0.2) is 9.69 Å². The summed E-state index contributed by atoms with van der Waals surface area (Å²) >= 11 is 18.3. The summed E-state index contributed by atoms with van der Waals surface area (Å²) in [6, 6.07) is 17.4. The van der Waals surface area contributed by atoms with Gasteiger partial charge in [0.2, 0.25) is 0 Å². The van der Waals surface area contributed by atoms with E-state index in [1.54, 1.807) is 48.5 Å². The standard InChI is InChI=1S/C24H15Cl3N2O4/c25-16-5-3-4-14(10-16)13-33-21-9-8-17(26)11-15(21)12-18-22(30)28-24(32)29(23(18)31)20-7-2-1-6-19(20)27/h1-12H,13H2,(H,28,30,32)/b18-12+. The number of hydrogen-bond acceptors (Lipinski definition) is 4. The lowest BCUT2D eigenvalue weighted by Crippen LogP contribution is -2.54. The Kier molecular flexibility index (Phi) is 6.70. The van der Waals surface area contributed by atoms with Crippen LogP contribution in [0.15, 0.2) is 72.3 Å². The number of nitrogens with one attached hydrogen (secondary N) is 1. The van der Waals surface area contributed by atoms with E-state index >= 15 is 0 Å². The van der Waals surface area contributed by atoms with Crippen LogP contribution in [0, 0.1) is 0 Å². The Morgan fingerprint density at radius 2 is 1.64 bits per heavy atom. The van der Waals surface area contributed by atoms with E-state index in [1.807, 2.05) is 6.07 Å². The Morgan fingerprint density at radius 1 is 0.879 bits per heavy atom. The third-order valence-electron chi connectivity index (χ3n) is 4.75.